The van der Waals surface area contributed by atoms with Gasteiger partial charge in [-0.2, -0.15) is 0 Å². The third-order valence-electron chi connectivity index (χ3n) is 7.62. The zero-order valence-corrected chi connectivity index (χ0v) is 24.3. The summed E-state index contributed by atoms with van der Waals surface area (Å²) in [5.41, 5.74) is 6.80. The fourth-order valence-corrected chi connectivity index (χ4v) is 5.51. The molecule has 1 aliphatic heterocycles. The van der Waals surface area contributed by atoms with Crippen LogP contribution < -0.4 is 9.47 Å². The van der Waals surface area contributed by atoms with Crippen molar-refractivity contribution < 1.29 is 19.4 Å². The second-order valence-corrected chi connectivity index (χ2v) is 11.9. The molecule has 1 aromatic heterocycles. The normalized spacial score (nSPS) is 16.1. The highest BCUT2D eigenvalue weighted by Crippen LogP contribution is 2.38. The molecule has 0 amide bonds. The van der Waals surface area contributed by atoms with E-state index in [0.29, 0.717) is 18.3 Å². The maximum atomic E-state index is 11.4. The monoisotopic (exact) mass is 530 g/mol. The number of aromatic nitrogens is 1. The standard InChI is InChI=1S/C33H42N2O4/c1-21(2)35(33(4,5)6)20-27-18-26(10-12-28(27)25-14-15-34-31(19-25)38-7)29-13-11-24-9-8-23(17-30(24)39-29)16-22(3)32(36)37/h8-10,12,14-15,17-19,21-22,29H,11,13,16,20H2,1-7H3,(H,36,37)/t22-,29-/m0/s1. The minimum atomic E-state index is -0.781. The Morgan fingerprint density at radius 2 is 1.90 bits per heavy atom. The number of nitrogens with zero attached hydrogens (tertiary/aromatic N) is 2. The number of carboxylic acid groups (broad SMARTS) is 1. The number of pyridine rings is 1. The van der Waals surface area contributed by atoms with E-state index >= 15 is 0 Å². The van der Waals surface area contributed by atoms with E-state index < -0.39 is 11.9 Å². The lowest BCUT2D eigenvalue weighted by Crippen LogP contribution is -2.45. The van der Waals surface area contributed by atoms with E-state index in [1.165, 1.54) is 11.1 Å². The van der Waals surface area contributed by atoms with Crippen molar-refractivity contribution in [1.82, 2.24) is 9.88 Å². The average Bonchev–Trinajstić information content (AvgIpc) is 2.90. The lowest BCUT2D eigenvalue weighted by atomic mass is 9.91. The van der Waals surface area contributed by atoms with Crippen LogP contribution in [-0.2, 0) is 24.2 Å². The lowest BCUT2D eigenvalue weighted by Gasteiger charge is -2.39. The lowest BCUT2D eigenvalue weighted by molar-refractivity contribution is -0.141. The van der Waals surface area contributed by atoms with Crippen molar-refractivity contribution in [3.05, 3.63) is 77.0 Å². The first kappa shape index (κ1) is 28.6. The molecule has 0 saturated carbocycles. The number of carbonyl (C=O) groups is 1. The van der Waals surface area contributed by atoms with Crippen LogP contribution in [0.1, 0.15) is 76.3 Å². The maximum absolute atomic E-state index is 11.4. The van der Waals surface area contributed by atoms with Crippen LogP contribution in [0.25, 0.3) is 11.1 Å². The number of aryl methyl sites for hydroxylation is 1. The van der Waals surface area contributed by atoms with Crippen LogP contribution in [0.15, 0.2) is 54.7 Å². The molecule has 2 heterocycles. The van der Waals surface area contributed by atoms with Crippen molar-refractivity contribution in [3.63, 3.8) is 0 Å². The van der Waals surface area contributed by atoms with Crippen LogP contribution in [0.2, 0.25) is 0 Å². The van der Waals surface area contributed by atoms with Crippen LogP contribution in [0.4, 0.5) is 0 Å². The number of carboxylic acids is 1. The van der Waals surface area contributed by atoms with E-state index in [1.54, 1.807) is 20.2 Å². The molecule has 208 valence electrons. The Labute approximate surface area is 233 Å². The summed E-state index contributed by atoms with van der Waals surface area (Å²) in [7, 11) is 1.64. The van der Waals surface area contributed by atoms with Gasteiger partial charge in [-0.1, -0.05) is 37.3 Å². The Kier molecular flexibility index (Phi) is 8.65. The molecule has 0 unspecified atom stereocenters. The van der Waals surface area contributed by atoms with Crippen LogP contribution >= 0.6 is 0 Å². The summed E-state index contributed by atoms with van der Waals surface area (Å²) in [6.45, 7) is 13.8. The van der Waals surface area contributed by atoms with Crippen LogP contribution in [0.5, 0.6) is 11.6 Å². The number of aliphatic carboxylic acids is 1. The fourth-order valence-electron chi connectivity index (χ4n) is 5.51. The minimum absolute atomic E-state index is 0.00113. The molecule has 2 aromatic carbocycles. The van der Waals surface area contributed by atoms with Crippen LogP contribution in [0.3, 0.4) is 0 Å². The second-order valence-electron chi connectivity index (χ2n) is 11.9. The fraction of sp³-hybridized carbons (Fsp3) is 0.455. The molecule has 4 rings (SSSR count). The predicted octanol–water partition coefficient (Wildman–Crippen LogP) is 7.10. The van der Waals surface area contributed by atoms with Crippen LogP contribution in [0, 0.1) is 5.92 Å². The van der Waals surface area contributed by atoms with E-state index in [-0.39, 0.29) is 11.6 Å². The molecule has 0 radical (unpaired) electrons. The molecule has 0 spiro atoms. The summed E-state index contributed by atoms with van der Waals surface area (Å²) in [4.78, 5) is 18.2. The molecular formula is C33H42N2O4. The van der Waals surface area contributed by atoms with Gasteiger partial charge in [0.25, 0.3) is 0 Å². The maximum Gasteiger partial charge on any atom is 0.306 e. The highest BCUT2D eigenvalue weighted by atomic mass is 16.5. The van der Waals surface area contributed by atoms with Crippen molar-refractivity contribution >= 4 is 5.97 Å². The largest absolute Gasteiger partial charge is 0.485 e. The summed E-state index contributed by atoms with van der Waals surface area (Å²) in [5, 5.41) is 9.33. The molecule has 6 nitrogen and oxygen atoms in total. The van der Waals surface area contributed by atoms with Gasteiger partial charge in [0.15, 0.2) is 0 Å². The molecule has 2 atom stereocenters. The molecule has 1 aliphatic rings. The molecule has 0 bridgehead atoms. The highest BCUT2D eigenvalue weighted by Gasteiger charge is 2.27. The Morgan fingerprint density at radius 1 is 1.13 bits per heavy atom. The van der Waals surface area contributed by atoms with Gasteiger partial charge < -0.3 is 14.6 Å². The van der Waals surface area contributed by atoms with E-state index in [1.807, 2.05) is 24.3 Å². The molecule has 0 saturated heterocycles. The Bertz CT molecular complexity index is 1310. The molecular weight excluding hydrogens is 488 g/mol. The smallest absolute Gasteiger partial charge is 0.306 e. The van der Waals surface area contributed by atoms with Crippen molar-refractivity contribution in [2.24, 2.45) is 5.92 Å². The molecule has 1 N–H and O–H groups in total. The third kappa shape index (κ3) is 6.80. The van der Waals surface area contributed by atoms with Crippen molar-refractivity contribution in [1.29, 1.82) is 0 Å². The Hall–Kier alpha value is -3.38. The minimum Gasteiger partial charge on any atom is -0.485 e. The summed E-state index contributed by atoms with van der Waals surface area (Å²) < 4.78 is 12.0. The van der Waals surface area contributed by atoms with Crippen molar-refractivity contribution in [2.45, 2.75) is 85.0 Å². The average molecular weight is 531 g/mol. The number of hydrogen-bond donors (Lipinski definition) is 1. The number of ether oxygens (including phenoxy) is 2. The van der Waals surface area contributed by atoms with Gasteiger partial charge in [-0.25, -0.2) is 4.98 Å². The zero-order chi connectivity index (χ0) is 28.3. The van der Waals surface area contributed by atoms with Gasteiger partial charge in [-0.05, 0) is 99.4 Å². The number of methoxy groups -OCH3 is 1. The molecule has 3 aromatic rings. The molecule has 6 heteroatoms. The van der Waals surface area contributed by atoms with E-state index in [9.17, 15) is 9.90 Å². The summed E-state index contributed by atoms with van der Waals surface area (Å²) >= 11 is 0. The predicted molar refractivity (Wildman–Crippen MR) is 155 cm³/mol. The number of benzene rings is 2. The Morgan fingerprint density at radius 3 is 2.56 bits per heavy atom. The molecule has 0 fully saturated rings. The highest BCUT2D eigenvalue weighted by molar-refractivity contribution is 5.70. The first-order valence-corrected chi connectivity index (χ1v) is 13.9. The molecule has 0 aliphatic carbocycles. The summed E-state index contributed by atoms with van der Waals surface area (Å²) in [6, 6.07) is 17.2. The first-order chi connectivity index (χ1) is 18.5. The van der Waals surface area contributed by atoms with E-state index in [4.69, 9.17) is 9.47 Å². The Balaban J connectivity index is 1.69. The SMILES string of the molecule is COc1cc(-c2ccc([C@@H]3CCc4ccc(C[C@H](C)C(=O)O)cc4O3)cc2CN(C(C)C)C(C)(C)C)ccn1. The third-order valence-corrected chi connectivity index (χ3v) is 7.62. The van der Waals surface area contributed by atoms with Gasteiger partial charge in [0, 0.05) is 30.4 Å². The van der Waals surface area contributed by atoms with Gasteiger partial charge in [-0.3, -0.25) is 9.69 Å². The van der Waals surface area contributed by atoms with Crippen LogP contribution in [-0.4, -0.2) is 39.7 Å². The van der Waals surface area contributed by atoms with Gasteiger partial charge in [-0.15, -0.1) is 0 Å². The quantitative estimate of drug-likeness (QED) is 0.318. The van der Waals surface area contributed by atoms with Gasteiger partial charge in [0.2, 0.25) is 5.88 Å². The van der Waals surface area contributed by atoms with E-state index in [2.05, 4.69) is 68.8 Å². The van der Waals surface area contributed by atoms with E-state index in [0.717, 1.165) is 47.4 Å². The summed E-state index contributed by atoms with van der Waals surface area (Å²) in [6.07, 6.45) is 4.04. The summed E-state index contributed by atoms with van der Waals surface area (Å²) in [5.74, 6) is 0.247. The van der Waals surface area contributed by atoms with Gasteiger partial charge >= 0.3 is 5.97 Å². The van der Waals surface area contributed by atoms with Gasteiger partial charge in [0.1, 0.15) is 11.9 Å². The van der Waals surface area contributed by atoms with Crippen molar-refractivity contribution in [3.8, 4) is 22.8 Å². The topological polar surface area (TPSA) is 71.9 Å². The number of hydrogen-bond acceptors (Lipinski definition) is 5. The molecule has 39 heavy (non-hydrogen) atoms. The first-order valence-electron chi connectivity index (χ1n) is 13.9. The second kappa shape index (κ2) is 11.8. The zero-order valence-electron chi connectivity index (χ0n) is 24.3. The van der Waals surface area contributed by atoms with Crippen molar-refractivity contribution in [2.75, 3.05) is 7.11 Å². The van der Waals surface area contributed by atoms with Gasteiger partial charge in [0.05, 0.1) is 13.0 Å². The number of fused-ring (bicyclic) bond motifs is 1. The number of rotatable bonds is 9.